The maximum absolute atomic E-state index is 13.1. The number of hydrogen-bond acceptors (Lipinski definition) is 3. The first-order valence-electron chi connectivity index (χ1n) is 6.47. The van der Waals surface area contributed by atoms with Crippen LogP contribution in [0.1, 0.15) is 18.4 Å². The monoisotopic (exact) mass is 287 g/mol. The maximum Gasteiger partial charge on any atom is 0.147 e. The van der Waals surface area contributed by atoms with Crippen LogP contribution in [0.5, 0.6) is 0 Å². The number of benzene rings is 1. The van der Waals surface area contributed by atoms with Crippen LogP contribution in [0.4, 0.5) is 4.39 Å². The van der Waals surface area contributed by atoms with E-state index in [9.17, 15) is 12.8 Å². The fourth-order valence-electron chi connectivity index (χ4n) is 2.20. The number of sulfone groups is 1. The molecule has 0 fully saturated rings. The van der Waals surface area contributed by atoms with Crippen LogP contribution in [0.2, 0.25) is 0 Å². The molecule has 0 heterocycles. The van der Waals surface area contributed by atoms with E-state index in [0.29, 0.717) is 12.3 Å². The van der Waals surface area contributed by atoms with Crippen LogP contribution in [-0.4, -0.2) is 34.0 Å². The lowest BCUT2D eigenvalue weighted by atomic mass is 9.95. The molecule has 0 aliphatic rings. The molecule has 0 saturated carbocycles. The summed E-state index contributed by atoms with van der Waals surface area (Å²) >= 11 is 0. The van der Waals surface area contributed by atoms with Crippen LogP contribution in [0.25, 0.3) is 0 Å². The lowest BCUT2D eigenvalue weighted by molar-refractivity contribution is 0.454. The van der Waals surface area contributed by atoms with E-state index in [1.807, 2.05) is 13.1 Å². The second-order valence-electron chi connectivity index (χ2n) is 5.03. The smallest absolute Gasteiger partial charge is 0.147 e. The highest BCUT2D eigenvalue weighted by Gasteiger charge is 2.11. The van der Waals surface area contributed by atoms with Gasteiger partial charge in [0.2, 0.25) is 0 Å². The van der Waals surface area contributed by atoms with Crippen LogP contribution < -0.4 is 5.32 Å². The summed E-state index contributed by atoms with van der Waals surface area (Å²) < 4.78 is 35.3. The van der Waals surface area contributed by atoms with Gasteiger partial charge in [0.25, 0.3) is 0 Å². The molecule has 5 heteroatoms. The van der Waals surface area contributed by atoms with Crippen molar-refractivity contribution >= 4 is 9.84 Å². The molecule has 1 N–H and O–H groups in total. The van der Waals surface area contributed by atoms with Gasteiger partial charge in [-0.1, -0.05) is 12.1 Å². The van der Waals surface area contributed by atoms with Gasteiger partial charge in [-0.15, -0.1) is 0 Å². The Morgan fingerprint density at radius 3 is 2.68 bits per heavy atom. The third-order valence-corrected chi connectivity index (χ3v) is 4.06. The molecule has 0 saturated heterocycles. The first-order valence-corrected chi connectivity index (χ1v) is 8.53. The minimum Gasteiger partial charge on any atom is -0.319 e. The summed E-state index contributed by atoms with van der Waals surface area (Å²) in [7, 11) is -1.02. The van der Waals surface area contributed by atoms with E-state index in [0.717, 1.165) is 24.9 Å². The van der Waals surface area contributed by atoms with Crippen LogP contribution in [-0.2, 0) is 16.3 Å². The zero-order chi connectivity index (χ0) is 14.3. The first-order chi connectivity index (χ1) is 8.90. The van der Waals surface area contributed by atoms with Gasteiger partial charge in [-0.05, 0) is 56.5 Å². The molecule has 1 aromatic carbocycles. The normalized spacial score (nSPS) is 13.4. The van der Waals surface area contributed by atoms with Crippen molar-refractivity contribution < 1.29 is 12.8 Å². The van der Waals surface area contributed by atoms with Gasteiger partial charge in [-0.25, -0.2) is 12.8 Å². The van der Waals surface area contributed by atoms with Crippen molar-refractivity contribution in [2.75, 3.05) is 25.6 Å². The van der Waals surface area contributed by atoms with E-state index in [2.05, 4.69) is 5.32 Å². The van der Waals surface area contributed by atoms with Crippen molar-refractivity contribution in [2.45, 2.75) is 19.3 Å². The van der Waals surface area contributed by atoms with E-state index < -0.39 is 9.84 Å². The van der Waals surface area contributed by atoms with E-state index >= 15 is 0 Å². The number of halogens is 1. The SMILES string of the molecule is CNCC(CCCS(C)(=O)=O)Cc1cccc(F)c1. The Morgan fingerprint density at radius 2 is 2.11 bits per heavy atom. The van der Waals surface area contributed by atoms with Gasteiger partial charge in [-0.2, -0.15) is 0 Å². The van der Waals surface area contributed by atoms with Gasteiger partial charge < -0.3 is 5.32 Å². The van der Waals surface area contributed by atoms with Crippen molar-refractivity contribution in [2.24, 2.45) is 5.92 Å². The van der Waals surface area contributed by atoms with Crippen molar-refractivity contribution in [3.05, 3.63) is 35.6 Å². The standard InChI is InChI=1S/C14H22FNO2S/c1-16-11-13(6-4-8-19(2,17)18)9-12-5-3-7-14(15)10-12/h3,5,7,10,13,16H,4,6,8-9,11H2,1-2H3. The number of nitrogens with one attached hydrogen (secondary N) is 1. The highest BCUT2D eigenvalue weighted by atomic mass is 32.2. The number of rotatable bonds is 8. The summed E-state index contributed by atoms with van der Waals surface area (Å²) in [4.78, 5) is 0. The summed E-state index contributed by atoms with van der Waals surface area (Å²) in [6, 6.07) is 6.58. The largest absolute Gasteiger partial charge is 0.319 e. The van der Waals surface area contributed by atoms with E-state index in [4.69, 9.17) is 0 Å². The van der Waals surface area contributed by atoms with Crippen molar-refractivity contribution in [1.82, 2.24) is 5.32 Å². The zero-order valence-corrected chi connectivity index (χ0v) is 12.3. The Kier molecular flexibility index (Phi) is 6.45. The highest BCUT2D eigenvalue weighted by Crippen LogP contribution is 2.15. The van der Waals surface area contributed by atoms with Crippen molar-refractivity contribution in [3.63, 3.8) is 0 Å². The Labute approximate surface area is 115 Å². The molecule has 0 aliphatic heterocycles. The van der Waals surface area contributed by atoms with Gasteiger partial charge >= 0.3 is 0 Å². The molecule has 0 bridgehead atoms. The van der Waals surface area contributed by atoms with E-state index in [1.54, 1.807) is 12.1 Å². The molecule has 1 unspecified atom stereocenters. The summed E-state index contributed by atoms with van der Waals surface area (Å²) in [6.45, 7) is 0.806. The van der Waals surface area contributed by atoms with E-state index in [1.165, 1.54) is 12.3 Å². The molecule has 1 atom stereocenters. The average Bonchev–Trinajstić information content (AvgIpc) is 2.27. The molecule has 0 aromatic heterocycles. The lowest BCUT2D eigenvalue weighted by Gasteiger charge is -2.16. The summed E-state index contributed by atoms with van der Waals surface area (Å²) in [5.41, 5.74) is 0.958. The van der Waals surface area contributed by atoms with Crippen molar-refractivity contribution in [3.8, 4) is 0 Å². The fourth-order valence-corrected chi connectivity index (χ4v) is 2.89. The van der Waals surface area contributed by atoms with Gasteiger partial charge in [0.15, 0.2) is 0 Å². The van der Waals surface area contributed by atoms with Gasteiger partial charge in [0.05, 0.1) is 0 Å². The second-order valence-corrected chi connectivity index (χ2v) is 7.29. The summed E-state index contributed by atoms with van der Waals surface area (Å²) in [6.07, 6.45) is 3.50. The molecular formula is C14H22FNO2S. The minimum absolute atomic E-state index is 0.219. The predicted octanol–water partition coefficient (Wildman–Crippen LogP) is 2.03. The summed E-state index contributed by atoms with van der Waals surface area (Å²) in [5.74, 6) is 0.321. The van der Waals surface area contributed by atoms with Gasteiger partial charge in [0.1, 0.15) is 15.7 Å². The molecule has 1 rings (SSSR count). The second kappa shape index (κ2) is 7.60. The van der Waals surface area contributed by atoms with Crippen LogP contribution in [0, 0.1) is 11.7 Å². The molecule has 108 valence electrons. The van der Waals surface area contributed by atoms with Crippen LogP contribution in [0.15, 0.2) is 24.3 Å². The highest BCUT2D eigenvalue weighted by molar-refractivity contribution is 7.90. The number of hydrogen-bond donors (Lipinski definition) is 1. The molecule has 0 amide bonds. The third-order valence-electron chi connectivity index (χ3n) is 3.03. The average molecular weight is 287 g/mol. The molecular weight excluding hydrogens is 265 g/mol. The molecule has 0 radical (unpaired) electrons. The quantitative estimate of drug-likeness (QED) is 0.796. The molecule has 0 spiro atoms. The Bertz CT molecular complexity index is 488. The predicted molar refractivity (Wildman–Crippen MR) is 76.5 cm³/mol. The Balaban J connectivity index is 2.52. The summed E-state index contributed by atoms with van der Waals surface area (Å²) in [5, 5.41) is 3.11. The Hall–Kier alpha value is -0.940. The van der Waals surface area contributed by atoms with Gasteiger partial charge in [0, 0.05) is 12.0 Å². The lowest BCUT2D eigenvalue weighted by Crippen LogP contribution is -2.21. The van der Waals surface area contributed by atoms with Crippen LogP contribution in [0.3, 0.4) is 0 Å². The van der Waals surface area contributed by atoms with Crippen LogP contribution >= 0.6 is 0 Å². The van der Waals surface area contributed by atoms with Crippen molar-refractivity contribution in [1.29, 1.82) is 0 Å². The molecule has 1 aromatic rings. The maximum atomic E-state index is 13.1. The Morgan fingerprint density at radius 1 is 1.37 bits per heavy atom. The third kappa shape index (κ3) is 7.28. The fraction of sp³-hybridized carbons (Fsp3) is 0.571. The van der Waals surface area contributed by atoms with E-state index in [-0.39, 0.29) is 11.6 Å². The molecule has 3 nitrogen and oxygen atoms in total. The molecule has 19 heavy (non-hydrogen) atoms. The minimum atomic E-state index is -2.89. The molecule has 0 aliphatic carbocycles. The van der Waals surface area contributed by atoms with Gasteiger partial charge in [-0.3, -0.25) is 0 Å². The first kappa shape index (κ1) is 16.1. The topological polar surface area (TPSA) is 46.2 Å². The zero-order valence-electron chi connectivity index (χ0n) is 11.5.